The molecule has 2 aromatic carbocycles. The fourth-order valence-corrected chi connectivity index (χ4v) is 3.72. The van der Waals surface area contributed by atoms with Crippen molar-refractivity contribution in [2.75, 3.05) is 13.2 Å². The smallest absolute Gasteiger partial charge is 0.338 e. The van der Waals surface area contributed by atoms with Crippen molar-refractivity contribution < 1.29 is 17.9 Å². The van der Waals surface area contributed by atoms with Gasteiger partial charge in [-0.1, -0.05) is 36.4 Å². The first kappa shape index (κ1) is 18.9. The number of sulfonamides is 1. The molecule has 0 aliphatic carbocycles. The van der Waals surface area contributed by atoms with Crippen molar-refractivity contribution in [3.63, 3.8) is 0 Å². The maximum Gasteiger partial charge on any atom is 0.338 e. The van der Waals surface area contributed by atoms with Gasteiger partial charge in [0.15, 0.2) is 0 Å². The molecule has 2 rings (SSSR count). The van der Waals surface area contributed by atoms with Crippen LogP contribution in [-0.4, -0.2) is 31.8 Å². The predicted molar refractivity (Wildman–Crippen MR) is 96.6 cm³/mol. The van der Waals surface area contributed by atoms with E-state index in [1.54, 1.807) is 67.6 Å². The van der Waals surface area contributed by atoms with Crippen LogP contribution in [0.1, 0.15) is 22.8 Å². The summed E-state index contributed by atoms with van der Waals surface area (Å²) in [5.74, 6) is -0.395. The third-order valence-corrected chi connectivity index (χ3v) is 5.36. The van der Waals surface area contributed by atoms with E-state index >= 15 is 0 Å². The van der Waals surface area contributed by atoms with Crippen LogP contribution in [0.5, 0.6) is 0 Å². The molecule has 0 N–H and O–H groups in total. The standard InChI is InChI=1S/C19H21NO4S/c1-3-14-20(25(22,23)18-8-6-5-7-9-18)15-16-10-12-17(13-11-16)19(21)24-4-2/h3,5-13H,1,4,14-15H2,2H3. The van der Waals surface area contributed by atoms with Crippen LogP contribution in [0.3, 0.4) is 0 Å². The van der Waals surface area contributed by atoms with E-state index in [1.165, 1.54) is 4.31 Å². The van der Waals surface area contributed by atoms with Gasteiger partial charge in [0.25, 0.3) is 0 Å². The van der Waals surface area contributed by atoms with Gasteiger partial charge in [-0.25, -0.2) is 13.2 Å². The summed E-state index contributed by atoms with van der Waals surface area (Å²) in [5, 5.41) is 0. The molecule has 0 aliphatic rings. The molecule has 0 aromatic heterocycles. The molecular weight excluding hydrogens is 338 g/mol. The van der Waals surface area contributed by atoms with Crippen LogP contribution in [0.15, 0.2) is 72.1 Å². The number of rotatable bonds is 8. The number of carbonyl (C=O) groups excluding carboxylic acids is 1. The molecule has 0 unspecified atom stereocenters. The molecular formula is C19H21NO4S. The molecule has 0 heterocycles. The first-order valence-electron chi connectivity index (χ1n) is 7.91. The summed E-state index contributed by atoms with van der Waals surface area (Å²) in [5.41, 5.74) is 1.21. The van der Waals surface area contributed by atoms with Crippen molar-refractivity contribution in [1.29, 1.82) is 0 Å². The molecule has 0 atom stereocenters. The Kier molecular flexibility index (Phi) is 6.50. The van der Waals surface area contributed by atoms with Gasteiger partial charge in [0.1, 0.15) is 0 Å². The third-order valence-electron chi connectivity index (χ3n) is 3.54. The van der Waals surface area contributed by atoms with Crippen molar-refractivity contribution in [2.24, 2.45) is 0 Å². The zero-order valence-corrected chi connectivity index (χ0v) is 14.9. The Morgan fingerprint density at radius 3 is 2.32 bits per heavy atom. The van der Waals surface area contributed by atoms with Crippen molar-refractivity contribution in [2.45, 2.75) is 18.4 Å². The lowest BCUT2D eigenvalue weighted by molar-refractivity contribution is 0.0526. The van der Waals surface area contributed by atoms with Gasteiger partial charge < -0.3 is 4.74 Å². The van der Waals surface area contributed by atoms with Gasteiger partial charge in [-0.05, 0) is 36.8 Å². The van der Waals surface area contributed by atoms with Gasteiger partial charge in [-0.2, -0.15) is 4.31 Å². The van der Waals surface area contributed by atoms with Gasteiger partial charge in [0.2, 0.25) is 10.0 Å². The minimum atomic E-state index is -3.63. The lowest BCUT2D eigenvalue weighted by Gasteiger charge is -2.21. The van der Waals surface area contributed by atoms with Gasteiger partial charge in [0.05, 0.1) is 17.1 Å². The summed E-state index contributed by atoms with van der Waals surface area (Å²) in [6.07, 6.45) is 1.55. The summed E-state index contributed by atoms with van der Waals surface area (Å²) < 4.78 is 31.9. The summed E-state index contributed by atoms with van der Waals surface area (Å²) in [7, 11) is -3.63. The number of benzene rings is 2. The van der Waals surface area contributed by atoms with Gasteiger partial charge >= 0.3 is 5.97 Å². The minimum Gasteiger partial charge on any atom is -0.462 e. The zero-order valence-electron chi connectivity index (χ0n) is 14.1. The molecule has 0 bridgehead atoms. The van der Waals surface area contributed by atoms with Crippen LogP contribution in [0, 0.1) is 0 Å². The van der Waals surface area contributed by atoms with Crippen LogP contribution in [0.4, 0.5) is 0 Å². The van der Waals surface area contributed by atoms with E-state index in [4.69, 9.17) is 4.74 Å². The quantitative estimate of drug-likeness (QED) is 0.536. The molecule has 0 spiro atoms. The monoisotopic (exact) mass is 359 g/mol. The van der Waals surface area contributed by atoms with Crippen LogP contribution < -0.4 is 0 Å². The molecule has 0 saturated heterocycles. The number of nitrogens with zero attached hydrogens (tertiary/aromatic N) is 1. The maximum absolute atomic E-state index is 12.8. The second-order valence-electron chi connectivity index (χ2n) is 5.32. The molecule has 2 aromatic rings. The Morgan fingerprint density at radius 1 is 1.12 bits per heavy atom. The fourth-order valence-electron chi connectivity index (χ4n) is 2.30. The van der Waals surface area contributed by atoms with E-state index in [2.05, 4.69) is 6.58 Å². The Balaban J connectivity index is 2.22. The minimum absolute atomic E-state index is 0.187. The van der Waals surface area contributed by atoms with Gasteiger partial charge in [-0.3, -0.25) is 0 Å². The average molecular weight is 359 g/mol. The summed E-state index contributed by atoms with van der Waals surface area (Å²) >= 11 is 0. The topological polar surface area (TPSA) is 63.7 Å². The number of esters is 1. The Hall–Kier alpha value is -2.44. The van der Waals surface area contributed by atoms with E-state index in [0.29, 0.717) is 12.2 Å². The number of hydrogen-bond donors (Lipinski definition) is 0. The fraction of sp³-hybridized carbons (Fsp3) is 0.211. The predicted octanol–water partition coefficient (Wildman–Crippen LogP) is 3.24. The van der Waals surface area contributed by atoms with Crippen molar-refractivity contribution in [3.8, 4) is 0 Å². The lowest BCUT2D eigenvalue weighted by atomic mass is 10.1. The molecule has 132 valence electrons. The van der Waals surface area contributed by atoms with Gasteiger partial charge in [0, 0.05) is 13.1 Å². The lowest BCUT2D eigenvalue weighted by Crippen LogP contribution is -2.30. The van der Waals surface area contributed by atoms with E-state index in [9.17, 15) is 13.2 Å². The normalized spacial score (nSPS) is 11.3. The Labute approximate surface area is 148 Å². The van der Waals surface area contributed by atoms with Crippen LogP contribution in [-0.2, 0) is 21.3 Å². The number of carbonyl (C=O) groups is 1. The van der Waals surface area contributed by atoms with Crippen molar-refractivity contribution >= 4 is 16.0 Å². The molecule has 0 radical (unpaired) electrons. The van der Waals surface area contributed by atoms with E-state index in [-0.39, 0.29) is 18.0 Å². The van der Waals surface area contributed by atoms with Crippen LogP contribution in [0.2, 0.25) is 0 Å². The molecule has 0 saturated carbocycles. The van der Waals surface area contributed by atoms with Crippen LogP contribution >= 0.6 is 0 Å². The highest BCUT2D eigenvalue weighted by molar-refractivity contribution is 7.89. The van der Waals surface area contributed by atoms with Gasteiger partial charge in [-0.15, -0.1) is 6.58 Å². The Morgan fingerprint density at radius 2 is 1.76 bits per heavy atom. The first-order chi connectivity index (χ1) is 12.0. The van der Waals surface area contributed by atoms with Crippen molar-refractivity contribution in [1.82, 2.24) is 4.31 Å². The van der Waals surface area contributed by atoms with Crippen LogP contribution in [0.25, 0.3) is 0 Å². The molecule has 0 fully saturated rings. The molecule has 0 amide bonds. The SMILES string of the molecule is C=CCN(Cc1ccc(C(=O)OCC)cc1)S(=O)(=O)c1ccccc1. The summed E-state index contributed by atoms with van der Waals surface area (Å²) in [6, 6.07) is 15.0. The number of hydrogen-bond acceptors (Lipinski definition) is 4. The summed E-state index contributed by atoms with van der Waals surface area (Å²) in [4.78, 5) is 11.9. The summed E-state index contributed by atoms with van der Waals surface area (Å²) in [6.45, 7) is 6.07. The molecule has 0 aliphatic heterocycles. The maximum atomic E-state index is 12.8. The Bertz CT molecular complexity index is 814. The molecule has 5 nitrogen and oxygen atoms in total. The highest BCUT2D eigenvalue weighted by Gasteiger charge is 2.23. The second kappa shape index (κ2) is 8.60. The molecule has 25 heavy (non-hydrogen) atoms. The van der Waals surface area contributed by atoms with E-state index in [1.807, 2.05) is 0 Å². The third kappa shape index (κ3) is 4.78. The molecule has 6 heteroatoms. The zero-order chi connectivity index (χ0) is 18.3. The highest BCUT2D eigenvalue weighted by Crippen LogP contribution is 2.18. The largest absolute Gasteiger partial charge is 0.462 e. The van der Waals surface area contributed by atoms with E-state index < -0.39 is 16.0 Å². The second-order valence-corrected chi connectivity index (χ2v) is 7.25. The first-order valence-corrected chi connectivity index (χ1v) is 9.35. The average Bonchev–Trinajstić information content (AvgIpc) is 2.63. The van der Waals surface area contributed by atoms with E-state index in [0.717, 1.165) is 5.56 Å². The highest BCUT2D eigenvalue weighted by atomic mass is 32.2. The van der Waals surface area contributed by atoms with Crippen molar-refractivity contribution in [3.05, 3.63) is 78.4 Å². The number of ether oxygens (including phenoxy) is 1.